The third-order valence-electron chi connectivity index (χ3n) is 5.05. The Labute approximate surface area is 128 Å². The van der Waals surface area contributed by atoms with E-state index in [1.165, 1.54) is 31.5 Å². The third-order valence-corrected chi connectivity index (χ3v) is 5.05. The number of piperidine rings is 1. The number of hydrogen-bond acceptors (Lipinski definition) is 3. The summed E-state index contributed by atoms with van der Waals surface area (Å²) in [6.45, 7) is 8.89. The smallest absolute Gasteiger partial charge is 0.119 e. The average Bonchev–Trinajstić information content (AvgIpc) is 3.01. The van der Waals surface area contributed by atoms with E-state index in [1.807, 2.05) is 0 Å². The van der Waals surface area contributed by atoms with Gasteiger partial charge < -0.3 is 10.1 Å². The molecule has 3 rings (SSSR count). The first kappa shape index (κ1) is 14.9. The Morgan fingerprint density at radius 2 is 2.10 bits per heavy atom. The zero-order chi connectivity index (χ0) is 14.7. The van der Waals surface area contributed by atoms with Crippen LogP contribution in [0.15, 0.2) is 24.3 Å². The first-order chi connectivity index (χ1) is 10.3. The van der Waals surface area contributed by atoms with Crippen molar-refractivity contribution in [1.82, 2.24) is 10.2 Å². The van der Waals surface area contributed by atoms with Gasteiger partial charge in [-0.2, -0.15) is 0 Å². The molecule has 0 radical (unpaired) electrons. The lowest BCUT2D eigenvalue weighted by Gasteiger charge is -2.41. The summed E-state index contributed by atoms with van der Waals surface area (Å²) in [7, 11) is 0. The average molecular weight is 288 g/mol. The minimum Gasteiger partial charge on any atom is -0.494 e. The molecule has 1 aromatic carbocycles. The van der Waals surface area contributed by atoms with Crippen LogP contribution in [0.5, 0.6) is 5.75 Å². The second kappa shape index (κ2) is 6.80. The van der Waals surface area contributed by atoms with Crippen molar-refractivity contribution in [2.45, 2.75) is 45.2 Å². The summed E-state index contributed by atoms with van der Waals surface area (Å²) in [5, 5.41) is 3.57. The molecule has 2 aliphatic rings. The maximum atomic E-state index is 5.68. The number of ether oxygens (including phenoxy) is 1. The van der Waals surface area contributed by atoms with Gasteiger partial charge in [0.05, 0.1) is 6.61 Å². The lowest BCUT2D eigenvalue weighted by atomic mass is 9.90. The molecule has 3 unspecified atom stereocenters. The van der Waals surface area contributed by atoms with Crippen molar-refractivity contribution in [2.75, 3.05) is 26.2 Å². The first-order valence-corrected chi connectivity index (χ1v) is 8.49. The van der Waals surface area contributed by atoms with Crippen molar-refractivity contribution in [1.29, 1.82) is 0 Å². The monoisotopic (exact) mass is 288 g/mol. The van der Waals surface area contributed by atoms with E-state index in [0.29, 0.717) is 6.04 Å². The van der Waals surface area contributed by atoms with Crippen molar-refractivity contribution >= 4 is 0 Å². The van der Waals surface area contributed by atoms with Crippen molar-refractivity contribution in [3.05, 3.63) is 29.8 Å². The lowest BCUT2D eigenvalue weighted by Crippen LogP contribution is -2.46. The highest BCUT2D eigenvalue weighted by atomic mass is 16.5. The van der Waals surface area contributed by atoms with Crippen LogP contribution in [0.2, 0.25) is 0 Å². The largest absolute Gasteiger partial charge is 0.494 e. The SMILES string of the molecule is CCCOc1ccc(C(C)N2CCCC3CNCC32)cc1. The van der Waals surface area contributed by atoms with Gasteiger partial charge in [0, 0.05) is 18.6 Å². The summed E-state index contributed by atoms with van der Waals surface area (Å²) < 4.78 is 5.68. The predicted octanol–water partition coefficient (Wildman–Crippen LogP) is 3.22. The number of rotatable bonds is 5. The fraction of sp³-hybridized carbons (Fsp3) is 0.667. The minimum atomic E-state index is 0.498. The number of benzene rings is 1. The van der Waals surface area contributed by atoms with Gasteiger partial charge in [-0.05, 0) is 62.9 Å². The molecule has 3 heteroatoms. The molecule has 0 aromatic heterocycles. The Morgan fingerprint density at radius 3 is 2.86 bits per heavy atom. The summed E-state index contributed by atoms with van der Waals surface area (Å²) in [5.74, 6) is 1.85. The van der Waals surface area contributed by atoms with Crippen LogP contribution in [-0.2, 0) is 0 Å². The highest BCUT2D eigenvalue weighted by Gasteiger charge is 2.37. The molecule has 2 saturated heterocycles. The van der Waals surface area contributed by atoms with E-state index in [1.54, 1.807) is 0 Å². The fourth-order valence-electron chi connectivity index (χ4n) is 3.84. The number of fused-ring (bicyclic) bond motifs is 1. The molecule has 2 aliphatic heterocycles. The number of nitrogens with one attached hydrogen (secondary N) is 1. The molecule has 0 aliphatic carbocycles. The van der Waals surface area contributed by atoms with Gasteiger partial charge in [-0.25, -0.2) is 0 Å². The van der Waals surface area contributed by atoms with E-state index in [2.05, 4.69) is 48.3 Å². The molecule has 1 aromatic rings. The van der Waals surface area contributed by atoms with Crippen molar-refractivity contribution in [3.8, 4) is 5.75 Å². The van der Waals surface area contributed by atoms with Gasteiger partial charge in [0.2, 0.25) is 0 Å². The molecule has 3 nitrogen and oxygen atoms in total. The summed E-state index contributed by atoms with van der Waals surface area (Å²) in [4.78, 5) is 2.70. The van der Waals surface area contributed by atoms with Crippen LogP contribution < -0.4 is 10.1 Å². The van der Waals surface area contributed by atoms with E-state index in [-0.39, 0.29) is 0 Å². The quantitative estimate of drug-likeness (QED) is 0.900. The van der Waals surface area contributed by atoms with Crippen LogP contribution in [0.25, 0.3) is 0 Å². The van der Waals surface area contributed by atoms with E-state index in [0.717, 1.165) is 37.3 Å². The van der Waals surface area contributed by atoms with E-state index < -0.39 is 0 Å². The van der Waals surface area contributed by atoms with E-state index in [4.69, 9.17) is 4.74 Å². The van der Waals surface area contributed by atoms with E-state index >= 15 is 0 Å². The van der Waals surface area contributed by atoms with Gasteiger partial charge >= 0.3 is 0 Å². The molecule has 0 spiro atoms. The number of nitrogens with zero attached hydrogens (tertiary/aromatic N) is 1. The highest BCUT2D eigenvalue weighted by molar-refractivity contribution is 5.29. The van der Waals surface area contributed by atoms with Crippen LogP contribution in [0.3, 0.4) is 0 Å². The molecular formula is C18H28N2O. The summed E-state index contributed by atoms with van der Waals surface area (Å²) in [6.07, 6.45) is 3.79. The lowest BCUT2D eigenvalue weighted by molar-refractivity contribution is 0.0847. The second-order valence-corrected chi connectivity index (χ2v) is 6.46. The molecule has 1 N–H and O–H groups in total. The van der Waals surface area contributed by atoms with Crippen molar-refractivity contribution < 1.29 is 4.74 Å². The zero-order valence-corrected chi connectivity index (χ0v) is 13.3. The molecule has 21 heavy (non-hydrogen) atoms. The molecule has 0 bridgehead atoms. The topological polar surface area (TPSA) is 24.5 Å². The standard InChI is InChI=1S/C18H28N2O/c1-3-11-21-17-8-6-15(7-9-17)14(2)20-10-4-5-16-12-19-13-18(16)20/h6-9,14,16,18-19H,3-5,10-13H2,1-2H3. The maximum absolute atomic E-state index is 5.68. The van der Waals surface area contributed by atoms with Crippen molar-refractivity contribution in [2.24, 2.45) is 5.92 Å². The molecule has 0 saturated carbocycles. The zero-order valence-electron chi connectivity index (χ0n) is 13.3. The normalized spacial score (nSPS) is 27.3. The number of hydrogen-bond donors (Lipinski definition) is 1. The van der Waals surface area contributed by atoms with Crippen LogP contribution >= 0.6 is 0 Å². The summed E-state index contributed by atoms with van der Waals surface area (Å²) in [5.41, 5.74) is 1.41. The summed E-state index contributed by atoms with van der Waals surface area (Å²) >= 11 is 0. The molecule has 0 amide bonds. The second-order valence-electron chi connectivity index (χ2n) is 6.46. The molecule has 3 atom stereocenters. The molecule has 116 valence electrons. The highest BCUT2D eigenvalue weighted by Crippen LogP contribution is 2.33. The molecule has 2 heterocycles. The van der Waals surface area contributed by atoms with E-state index in [9.17, 15) is 0 Å². The minimum absolute atomic E-state index is 0.498. The molecular weight excluding hydrogens is 260 g/mol. The van der Waals surface area contributed by atoms with Crippen LogP contribution in [0, 0.1) is 5.92 Å². The predicted molar refractivity (Wildman–Crippen MR) is 86.7 cm³/mol. The molecule has 2 fully saturated rings. The van der Waals surface area contributed by atoms with Crippen LogP contribution in [-0.4, -0.2) is 37.2 Å². The third kappa shape index (κ3) is 3.24. The van der Waals surface area contributed by atoms with Gasteiger partial charge in [0.1, 0.15) is 5.75 Å². The van der Waals surface area contributed by atoms with Gasteiger partial charge in [0.15, 0.2) is 0 Å². The van der Waals surface area contributed by atoms with Gasteiger partial charge in [-0.3, -0.25) is 4.90 Å². The van der Waals surface area contributed by atoms with Gasteiger partial charge in [-0.15, -0.1) is 0 Å². The Kier molecular flexibility index (Phi) is 4.81. The Hall–Kier alpha value is -1.06. The fourth-order valence-corrected chi connectivity index (χ4v) is 3.84. The van der Waals surface area contributed by atoms with Crippen LogP contribution in [0.1, 0.15) is 44.7 Å². The van der Waals surface area contributed by atoms with Gasteiger partial charge in [-0.1, -0.05) is 19.1 Å². The Morgan fingerprint density at radius 1 is 1.29 bits per heavy atom. The number of likely N-dealkylation sites (tertiary alicyclic amines) is 1. The Balaban J connectivity index is 1.67. The van der Waals surface area contributed by atoms with Crippen LogP contribution in [0.4, 0.5) is 0 Å². The summed E-state index contributed by atoms with van der Waals surface area (Å²) in [6, 6.07) is 9.94. The van der Waals surface area contributed by atoms with Crippen molar-refractivity contribution in [3.63, 3.8) is 0 Å². The Bertz CT molecular complexity index is 445. The first-order valence-electron chi connectivity index (χ1n) is 8.49. The van der Waals surface area contributed by atoms with Gasteiger partial charge in [0.25, 0.3) is 0 Å². The maximum Gasteiger partial charge on any atom is 0.119 e.